The second-order valence-corrected chi connectivity index (χ2v) is 8.51. The molecule has 0 aliphatic carbocycles. The summed E-state index contributed by atoms with van der Waals surface area (Å²) in [5, 5.41) is 3.47. The zero-order valence-corrected chi connectivity index (χ0v) is 21.4. The van der Waals surface area contributed by atoms with Crippen LogP contribution in [0.3, 0.4) is 0 Å². The number of nitrogens with zero attached hydrogens (tertiary/aromatic N) is 3. The number of amides is 1. The summed E-state index contributed by atoms with van der Waals surface area (Å²) >= 11 is 0. The Morgan fingerprint density at radius 3 is 2.34 bits per heavy atom. The van der Waals surface area contributed by atoms with Gasteiger partial charge in [0.1, 0.15) is 0 Å². The Bertz CT molecular complexity index is 937. The Labute approximate surface area is 208 Å². The summed E-state index contributed by atoms with van der Waals surface area (Å²) in [5.74, 6) is 0.982. The van der Waals surface area contributed by atoms with Gasteiger partial charge in [-0.05, 0) is 49.1 Å². The fourth-order valence-corrected chi connectivity index (χ4v) is 4.48. The van der Waals surface area contributed by atoms with E-state index in [1.54, 1.807) is 0 Å². The number of benzene rings is 2. The van der Waals surface area contributed by atoms with Crippen molar-refractivity contribution in [3.8, 4) is 0 Å². The van der Waals surface area contributed by atoms with Gasteiger partial charge in [-0.3, -0.25) is 9.79 Å². The minimum Gasteiger partial charge on any atom is -0.372 e. The molecule has 1 saturated heterocycles. The summed E-state index contributed by atoms with van der Waals surface area (Å²) in [4.78, 5) is 21.5. The van der Waals surface area contributed by atoms with Gasteiger partial charge in [-0.2, -0.15) is 0 Å². The molecule has 32 heavy (non-hydrogen) atoms. The van der Waals surface area contributed by atoms with Crippen molar-refractivity contribution in [1.82, 2.24) is 15.1 Å². The van der Waals surface area contributed by atoms with Crippen molar-refractivity contribution in [1.29, 1.82) is 0 Å². The number of ether oxygens (including phenoxy) is 1. The molecular formula is C25H33IN4O2. The predicted octanol–water partition coefficient (Wildman–Crippen LogP) is 3.69. The van der Waals surface area contributed by atoms with Gasteiger partial charge < -0.3 is 19.9 Å². The first-order chi connectivity index (χ1) is 15.0. The van der Waals surface area contributed by atoms with Crippen LogP contribution in [0.1, 0.15) is 40.9 Å². The molecule has 1 N–H and O–H groups in total. The average molecular weight is 548 g/mol. The number of rotatable bonds is 3. The lowest BCUT2D eigenvalue weighted by Crippen LogP contribution is -2.48. The first kappa shape index (κ1) is 24.5. The van der Waals surface area contributed by atoms with Gasteiger partial charge in [0, 0.05) is 45.3 Å². The maximum absolute atomic E-state index is 12.9. The fourth-order valence-electron chi connectivity index (χ4n) is 4.48. The van der Waals surface area contributed by atoms with Crippen LogP contribution in [0.15, 0.2) is 53.5 Å². The Hall–Kier alpha value is -2.13. The Morgan fingerprint density at radius 1 is 1.03 bits per heavy atom. The minimum absolute atomic E-state index is 0. The number of guanidine groups is 1. The molecule has 1 amide bonds. The van der Waals surface area contributed by atoms with Crippen molar-refractivity contribution in [2.75, 3.05) is 26.7 Å². The lowest BCUT2D eigenvalue weighted by atomic mass is 10.0. The van der Waals surface area contributed by atoms with Crippen LogP contribution in [0.4, 0.5) is 0 Å². The van der Waals surface area contributed by atoms with E-state index >= 15 is 0 Å². The number of hydrogen-bond donors (Lipinski definition) is 1. The number of carbonyl (C=O) groups is 1. The smallest absolute Gasteiger partial charge is 0.254 e. The molecule has 2 aromatic rings. The molecule has 2 heterocycles. The highest BCUT2D eigenvalue weighted by Gasteiger charge is 2.26. The van der Waals surface area contributed by atoms with E-state index in [-0.39, 0.29) is 42.1 Å². The zero-order chi connectivity index (χ0) is 21.8. The van der Waals surface area contributed by atoms with Gasteiger partial charge in [0.2, 0.25) is 0 Å². The first-order valence-electron chi connectivity index (χ1n) is 11.1. The molecule has 0 radical (unpaired) electrons. The lowest BCUT2D eigenvalue weighted by Gasteiger charge is -2.35. The van der Waals surface area contributed by atoms with E-state index in [4.69, 9.17) is 4.74 Å². The molecule has 0 saturated carbocycles. The second-order valence-electron chi connectivity index (χ2n) is 8.51. The van der Waals surface area contributed by atoms with Gasteiger partial charge in [0.05, 0.1) is 12.2 Å². The SMILES string of the molecule is CN=C(NCc1ccc(C(=O)N2CC(C)OC(C)C2)cc1)N1CCc2ccccc2C1.I. The van der Waals surface area contributed by atoms with E-state index in [1.807, 2.05) is 50.1 Å². The van der Waals surface area contributed by atoms with E-state index in [0.29, 0.717) is 19.6 Å². The van der Waals surface area contributed by atoms with E-state index < -0.39 is 0 Å². The summed E-state index contributed by atoms with van der Waals surface area (Å²) in [5.41, 5.74) is 4.64. The largest absolute Gasteiger partial charge is 0.372 e. The highest BCUT2D eigenvalue weighted by atomic mass is 127. The van der Waals surface area contributed by atoms with Crippen molar-refractivity contribution in [2.45, 2.75) is 45.6 Å². The van der Waals surface area contributed by atoms with Gasteiger partial charge in [0.25, 0.3) is 5.91 Å². The maximum Gasteiger partial charge on any atom is 0.254 e. The number of nitrogens with one attached hydrogen (secondary N) is 1. The van der Waals surface area contributed by atoms with E-state index in [9.17, 15) is 4.79 Å². The molecule has 0 spiro atoms. The quantitative estimate of drug-likeness (QED) is 0.361. The van der Waals surface area contributed by atoms with Gasteiger partial charge in [-0.25, -0.2) is 0 Å². The number of aliphatic imine (C=N–C) groups is 1. The highest BCUT2D eigenvalue weighted by molar-refractivity contribution is 14.0. The molecule has 2 aromatic carbocycles. The van der Waals surface area contributed by atoms with Crippen LogP contribution in [0.2, 0.25) is 0 Å². The van der Waals surface area contributed by atoms with Crippen molar-refractivity contribution >= 4 is 35.8 Å². The number of morpholine rings is 1. The van der Waals surface area contributed by atoms with Gasteiger partial charge in [0.15, 0.2) is 5.96 Å². The second kappa shape index (κ2) is 11.1. The van der Waals surface area contributed by atoms with Gasteiger partial charge in [-0.15, -0.1) is 24.0 Å². The number of halogens is 1. The molecule has 7 heteroatoms. The van der Waals surface area contributed by atoms with Crippen LogP contribution in [0.25, 0.3) is 0 Å². The van der Waals surface area contributed by atoms with E-state index in [0.717, 1.165) is 36.6 Å². The topological polar surface area (TPSA) is 57.2 Å². The van der Waals surface area contributed by atoms with Crippen LogP contribution in [-0.4, -0.2) is 60.6 Å². The summed E-state index contributed by atoms with van der Waals surface area (Å²) in [6, 6.07) is 16.5. The first-order valence-corrected chi connectivity index (χ1v) is 11.1. The van der Waals surface area contributed by atoms with Crippen LogP contribution in [0.5, 0.6) is 0 Å². The van der Waals surface area contributed by atoms with E-state index in [2.05, 4.69) is 39.5 Å². The Kier molecular flexibility index (Phi) is 8.53. The lowest BCUT2D eigenvalue weighted by molar-refractivity contribution is -0.0586. The van der Waals surface area contributed by atoms with Crippen LogP contribution < -0.4 is 5.32 Å². The van der Waals surface area contributed by atoms with Crippen LogP contribution in [-0.2, 0) is 24.2 Å². The molecule has 4 rings (SSSR count). The molecular weight excluding hydrogens is 515 g/mol. The monoisotopic (exact) mass is 548 g/mol. The third-order valence-electron chi connectivity index (χ3n) is 6.00. The summed E-state index contributed by atoms with van der Waals surface area (Å²) in [6.45, 7) is 7.81. The third-order valence-corrected chi connectivity index (χ3v) is 6.00. The molecule has 172 valence electrons. The zero-order valence-electron chi connectivity index (χ0n) is 19.1. The van der Waals surface area contributed by atoms with E-state index in [1.165, 1.54) is 11.1 Å². The number of carbonyl (C=O) groups excluding carboxylic acids is 1. The average Bonchev–Trinajstić information content (AvgIpc) is 2.78. The Balaban J connectivity index is 0.00000289. The molecule has 2 atom stereocenters. The maximum atomic E-state index is 12.9. The minimum atomic E-state index is 0. The summed E-state index contributed by atoms with van der Waals surface area (Å²) < 4.78 is 5.74. The standard InChI is InChI=1S/C25H32N4O2.HI/c1-18-15-29(16-19(2)31-18)24(30)22-10-8-20(9-11-22)14-27-25(26-3)28-13-12-21-6-4-5-7-23(21)17-28;/h4-11,18-19H,12-17H2,1-3H3,(H,26,27);1H. The molecule has 0 bridgehead atoms. The predicted molar refractivity (Wildman–Crippen MR) is 139 cm³/mol. The number of fused-ring (bicyclic) bond motifs is 1. The molecule has 2 unspecified atom stereocenters. The highest BCUT2D eigenvalue weighted by Crippen LogP contribution is 2.19. The van der Waals surface area contributed by atoms with Crippen molar-refractivity contribution in [2.24, 2.45) is 4.99 Å². The van der Waals surface area contributed by atoms with Crippen molar-refractivity contribution in [3.63, 3.8) is 0 Å². The van der Waals surface area contributed by atoms with Crippen LogP contribution in [0, 0.1) is 0 Å². The van der Waals surface area contributed by atoms with Crippen molar-refractivity contribution in [3.05, 3.63) is 70.8 Å². The summed E-state index contributed by atoms with van der Waals surface area (Å²) in [7, 11) is 1.83. The molecule has 0 aromatic heterocycles. The molecule has 2 aliphatic heterocycles. The Morgan fingerprint density at radius 2 is 1.69 bits per heavy atom. The molecule has 2 aliphatic rings. The summed E-state index contributed by atoms with van der Waals surface area (Å²) in [6.07, 6.45) is 1.18. The molecule has 1 fully saturated rings. The third kappa shape index (κ3) is 5.81. The normalized spacial score (nSPS) is 20.9. The van der Waals surface area contributed by atoms with Crippen LogP contribution >= 0.6 is 24.0 Å². The molecule has 6 nitrogen and oxygen atoms in total. The van der Waals surface area contributed by atoms with Gasteiger partial charge in [-0.1, -0.05) is 36.4 Å². The fraction of sp³-hybridized carbons (Fsp3) is 0.440. The van der Waals surface area contributed by atoms with Gasteiger partial charge >= 0.3 is 0 Å². The number of hydrogen-bond acceptors (Lipinski definition) is 3. The van der Waals surface area contributed by atoms with Crippen molar-refractivity contribution < 1.29 is 9.53 Å².